The molecular formula is C18H18N8S. The quantitative estimate of drug-likeness (QED) is 0.564. The van der Waals surface area contributed by atoms with Crippen LogP contribution in [0.25, 0.3) is 22.2 Å². The van der Waals surface area contributed by atoms with Crippen LogP contribution in [-0.4, -0.2) is 36.5 Å². The third-order valence-corrected chi connectivity index (χ3v) is 5.56. The molecule has 0 saturated carbocycles. The topological polar surface area (TPSA) is 93.4 Å². The minimum atomic E-state index is 0.328. The molecule has 8 nitrogen and oxygen atoms in total. The summed E-state index contributed by atoms with van der Waals surface area (Å²) >= 11 is 1.57. The Hall–Kier alpha value is -2.91. The maximum atomic E-state index is 4.69. The van der Waals surface area contributed by atoms with Gasteiger partial charge in [-0.05, 0) is 37.6 Å². The van der Waals surface area contributed by atoms with Crippen LogP contribution in [0.4, 0.5) is 10.9 Å². The Morgan fingerprint density at radius 1 is 1.19 bits per heavy atom. The maximum absolute atomic E-state index is 4.69. The predicted octanol–water partition coefficient (Wildman–Crippen LogP) is 3.05. The number of fused-ring (bicyclic) bond motifs is 1. The Morgan fingerprint density at radius 2 is 2.15 bits per heavy atom. The third kappa shape index (κ3) is 3.26. The second-order valence-electron chi connectivity index (χ2n) is 6.58. The minimum Gasteiger partial charge on any atom is -0.315 e. The molecule has 9 heteroatoms. The van der Waals surface area contributed by atoms with E-state index in [1.54, 1.807) is 16.0 Å². The van der Waals surface area contributed by atoms with Crippen LogP contribution in [0.1, 0.15) is 23.9 Å². The molecule has 0 bridgehead atoms. The highest BCUT2D eigenvalue weighted by molar-refractivity contribution is 7.15. The maximum Gasteiger partial charge on any atom is 0.211 e. The molecule has 136 valence electrons. The lowest BCUT2D eigenvalue weighted by molar-refractivity contribution is 0.635. The highest BCUT2D eigenvalue weighted by Gasteiger charge is 2.20. The van der Waals surface area contributed by atoms with Crippen molar-refractivity contribution in [2.24, 2.45) is 7.05 Å². The summed E-state index contributed by atoms with van der Waals surface area (Å²) in [5, 5.41) is 21.3. The second-order valence-corrected chi connectivity index (χ2v) is 7.59. The second kappa shape index (κ2) is 6.67. The first-order valence-electron chi connectivity index (χ1n) is 8.84. The molecule has 1 aliphatic heterocycles. The first-order chi connectivity index (χ1) is 13.2. The van der Waals surface area contributed by atoms with E-state index in [2.05, 4.69) is 30.9 Å². The molecule has 5 rings (SSSR count). The van der Waals surface area contributed by atoms with Gasteiger partial charge in [-0.25, -0.2) is 4.98 Å². The molecule has 1 fully saturated rings. The molecular weight excluding hydrogens is 360 g/mol. The van der Waals surface area contributed by atoms with Crippen LogP contribution < -0.4 is 10.6 Å². The molecule has 0 aromatic carbocycles. The summed E-state index contributed by atoms with van der Waals surface area (Å²) in [6.07, 6.45) is 7.94. The number of aromatic nitrogens is 6. The Morgan fingerprint density at radius 3 is 2.96 bits per heavy atom. The molecule has 0 aliphatic carbocycles. The lowest BCUT2D eigenvalue weighted by atomic mass is 10.1. The number of nitrogens with zero attached hydrogens (tertiary/aromatic N) is 6. The number of aryl methyl sites for hydroxylation is 1. The molecule has 4 aromatic heterocycles. The molecule has 2 N–H and O–H groups in total. The zero-order valence-electron chi connectivity index (χ0n) is 14.8. The summed E-state index contributed by atoms with van der Waals surface area (Å²) in [4.78, 5) is 9.20. The van der Waals surface area contributed by atoms with Crippen LogP contribution in [0.2, 0.25) is 0 Å². The van der Waals surface area contributed by atoms with E-state index in [1.165, 1.54) is 6.42 Å². The number of nitrogens with one attached hydrogen (secondary N) is 2. The van der Waals surface area contributed by atoms with Gasteiger partial charge in [0.05, 0.1) is 23.3 Å². The van der Waals surface area contributed by atoms with Crippen molar-refractivity contribution >= 4 is 33.3 Å². The van der Waals surface area contributed by atoms with Crippen LogP contribution in [0.5, 0.6) is 0 Å². The first-order valence-corrected chi connectivity index (χ1v) is 9.66. The molecule has 1 atom stereocenters. The number of pyridine rings is 2. The van der Waals surface area contributed by atoms with E-state index in [-0.39, 0.29) is 0 Å². The van der Waals surface area contributed by atoms with Crippen LogP contribution >= 0.6 is 11.3 Å². The van der Waals surface area contributed by atoms with Gasteiger partial charge in [0.15, 0.2) is 0 Å². The summed E-state index contributed by atoms with van der Waals surface area (Å²) in [5.41, 5.74) is 3.68. The molecule has 0 amide bonds. The normalized spacial score (nSPS) is 16.9. The molecule has 27 heavy (non-hydrogen) atoms. The molecule has 1 saturated heterocycles. The van der Waals surface area contributed by atoms with E-state index in [9.17, 15) is 0 Å². The Labute approximate surface area is 159 Å². The molecule has 1 aliphatic rings. The van der Waals surface area contributed by atoms with Gasteiger partial charge >= 0.3 is 0 Å². The summed E-state index contributed by atoms with van der Waals surface area (Å²) in [5.74, 6) is 0.731. The van der Waals surface area contributed by atoms with Gasteiger partial charge in [-0.3, -0.25) is 9.67 Å². The fourth-order valence-corrected chi connectivity index (χ4v) is 4.10. The Bertz CT molecular complexity index is 1100. The summed E-state index contributed by atoms with van der Waals surface area (Å²) < 4.78 is 1.77. The SMILES string of the molecule is Cn1cc(-c2cnc3ccc(Nc4nnc(C5CCCN5)s4)nc3c2)cn1. The van der Waals surface area contributed by atoms with E-state index >= 15 is 0 Å². The van der Waals surface area contributed by atoms with Gasteiger partial charge < -0.3 is 10.6 Å². The lowest BCUT2D eigenvalue weighted by Gasteiger charge is -2.05. The van der Waals surface area contributed by atoms with Crippen LogP contribution in [0, 0.1) is 0 Å². The van der Waals surface area contributed by atoms with Crippen LogP contribution in [0.15, 0.2) is 36.8 Å². The highest BCUT2D eigenvalue weighted by atomic mass is 32.1. The number of hydrogen-bond donors (Lipinski definition) is 2. The number of hydrogen-bond acceptors (Lipinski definition) is 8. The molecule has 1 unspecified atom stereocenters. The summed E-state index contributed by atoms with van der Waals surface area (Å²) in [6, 6.07) is 6.22. The van der Waals surface area contributed by atoms with Crippen molar-refractivity contribution in [3.05, 3.63) is 41.8 Å². The van der Waals surface area contributed by atoms with Crippen molar-refractivity contribution < 1.29 is 0 Å². The summed E-state index contributed by atoms with van der Waals surface area (Å²) in [6.45, 7) is 1.05. The largest absolute Gasteiger partial charge is 0.315 e. The predicted molar refractivity (Wildman–Crippen MR) is 105 cm³/mol. The van der Waals surface area contributed by atoms with E-state index in [4.69, 9.17) is 4.98 Å². The van der Waals surface area contributed by atoms with Gasteiger partial charge in [-0.2, -0.15) is 5.10 Å². The molecule has 0 spiro atoms. The highest BCUT2D eigenvalue weighted by Crippen LogP contribution is 2.29. The van der Waals surface area contributed by atoms with E-state index in [0.717, 1.165) is 51.1 Å². The Balaban J connectivity index is 1.41. The fraction of sp³-hybridized carbons (Fsp3) is 0.278. The average Bonchev–Trinajstić information content (AvgIpc) is 3.42. The van der Waals surface area contributed by atoms with Crippen molar-refractivity contribution in [1.82, 2.24) is 35.3 Å². The lowest BCUT2D eigenvalue weighted by Crippen LogP contribution is -2.12. The standard InChI is InChI=1S/C18H18N8S/c1-26-10-12(9-21-26)11-7-15-13(20-8-11)4-5-16(22-15)23-18-25-24-17(27-18)14-3-2-6-19-14/h4-5,7-10,14,19H,2-3,6H2,1H3,(H,22,23,25). The third-order valence-electron chi connectivity index (χ3n) is 4.61. The van der Waals surface area contributed by atoms with Gasteiger partial charge in [0, 0.05) is 30.6 Å². The fourth-order valence-electron chi connectivity index (χ4n) is 3.24. The average molecular weight is 378 g/mol. The molecule has 5 heterocycles. The van der Waals surface area contributed by atoms with Gasteiger partial charge in [0.2, 0.25) is 5.13 Å². The van der Waals surface area contributed by atoms with E-state index in [0.29, 0.717) is 6.04 Å². The van der Waals surface area contributed by atoms with Gasteiger partial charge in [0.25, 0.3) is 0 Å². The first kappa shape index (κ1) is 16.3. The molecule has 4 aromatic rings. The van der Waals surface area contributed by atoms with Gasteiger partial charge in [-0.15, -0.1) is 10.2 Å². The number of rotatable bonds is 4. The smallest absolute Gasteiger partial charge is 0.211 e. The van der Waals surface area contributed by atoms with E-state index < -0.39 is 0 Å². The number of anilines is 2. The van der Waals surface area contributed by atoms with Crippen LogP contribution in [0.3, 0.4) is 0 Å². The Kier molecular flexibility index (Phi) is 4.02. The molecule has 0 radical (unpaired) electrons. The van der Waals surface area contributed by atoms with Gasteiger partial charge in [-0.1, -0.05) is 11.3 Å². The van der Waals surface area contributed by atoms with Crippen molar-refractivity contribution in [3.63, 3.8) is 0 Å². The van der Waals surface area contributed by atoms with Crippen molar-refractivity contribution in [2.75, 3.05) is 11.9 Å². The zero-order valence-corrected chi connectivity index (χ0v) is 15.6. The van der Waals surface area contributed by atoms with Crippen molar-refractivity contribution in [1.29, 1.82) is 0 Å². The van der Waals surface area contributed by atoms with E-state index in [1.807, 2.05) is 43.8 Å². The van der Waals surface area contributed by atoms with Crippen molar-refractivity contribution in [2.45, 2.75) is 18.9 Å². The zero-order chi connectivity index (χ0) is 18.2. The van der Waals surface area contributed by atoms with Crippen LogP contribution in [-0.2, 0) is 7.05 Å². The van der Waals surface area contributed by atoms with Crippen molar-refractivity contribution in [3.8, 4) is 11.1 Å². The minimum absolute atomic E-state index is 0.328. The van der Waals surface area contributed by atoms with Gasteiger partial charge in [0.1, 0.15) is 10.8 Å². The monoisotopic (exact) mass is 378 g/mol. The summed E-state index contributed by atoms with van der Waals surface area (Å²) in [7, 11) is 1.90.